The molecule has 0 aromatic carbocycles. The van der Waals surface area contributed by atoms with Crippen molar-refractivity contribution in [3.8, 4) is 0 Å². The molecule has 0 bridgehead atoms. The van der Waals surface area contributed by atoms with Gasteiger partial charge in [0.1, 0.15) is 0 Å². The number of esters is 1. The first-order chi connectivity index (χ1) is 5.74. The molecular weight excluding hydrogens is 172 g/mol. The van der Waals surface area contributed by atoms with E-state index in [0.717, 1.165) is 11.1 Å². The van der Waals surface area contributed by atoms with Crippen molar-refractivity contribution in [3.05, 3.63) is 28.5 Å². The fraction of sp³-hybridized carbons (Fsp3) is 0.222. The van der Waals surface area contributed by atoms with E-state index in [9.17, 15) is 4.79 Å². The van der Waals surface area contributed by atoms with Crippen molar-refractivity contribution >= 4 is 22.9 Å². The van der Waals surface area contributed by atoms with Crippen LogP contribution in [0.15, 0.2) is 22.9 Å². The Morgan fingerprint density at radius 1 is 1.67 bits per heavy atom. The van der Waals surface area contributed by atoms with Crippen LogP contribution >= 0.6 is 11.3 Å². The number of carbonyl (C=O) groups excluding carboxylic acids is 1. The van der Waals surface area contributed by atoms with Crippen molar-refractivity contribution in [2.45, 2.75) is 6.92 Å². The minimum Gasteiger partial charge on any atom is -0.466 e. The molecule has 0 amide bonds. The predicted molar refractivity (Wildman–Crippen MR) is 50.0 cm³/mol. The predicted octanol–water partition coefficient (Wildman–Crippen LogP) is 2.32. The molecule has 1 heterocycles. The first-order valence-electron chi connectivity index (χ1n) is 3.53. The van der Waals surface area contributed by atoms with E-state index in [0.29, 0.717) is 0 Å². The van der Waals surface area contributed by atoms with Crippen LogP contribution in [0.4, 0.5) is 0 Å². The second kappa shape index (κ2) is 4.07. The average molecular weight is 182 g/mol. The Balaban J connectivity index is 2.77. The van der Waals surface area contributed by atoms with Gasteiger partial charge in [-0.2, -0.15) is 11.3 Å². The number of allylic oxidation sites excluding steroid dienone is 1. The Bertz CT molecular complexity index is 285. The van der Waals surface area contributed by atoms with E-state index in [-0.39, 0.29) is 5.97 Å². The number of ether oxygens (including phenoxy) is 1. The Kier molecular flexibility index (Phi) is 3.05. The second-order valence-electron chi connectivity index (χ2n) is 2.36. The standard InChI is InChI=1S/C9H10O2S/c1-7(5-9(10)11-2)8-3-4-12-6-8/h3-6H,1-2H3/b7-5-. The largest absolute Gasteiger partial charge is 0.466 e. The smallest absolute Gasteiger partial charge is 0.330 e. The Labute approximate surface area is 75.5 Å². The number of methoxy groups -OCH3 is 1. The van der Waals surface area contributed by atoms with E-state index in [4.69, 9.17) is 0 Å². The normalized spacial score (nSPS) is 11.3. The summed E-state index contributed by atoms with van der Waals surface area (Å²) < 4.78 is 4.51. The lowest BCUT2D eigenvalue weighted by atomic mass is 10.1. The Morgan fingerprint density at radius 3 is 2.92 bits per heavy atom. The number of thiophene rings is 1. The molecule has 0 saturated heterocycles. The van der Waals surface area contributed by atoms with Gasteiger partial charge in [0.25, 0.3) is 0 Å². The van der Waals surface area contributed by atoms with Gasteiger partial charge in [0, 0.05) is 6.08 Å². The second-order valence-corrected chi connectivity index (χ2v) is 3.14. The first-order valence-corrected chi connectivity index (χ1v) is 4.47. The molecule has 2 nitrogen and oxygen atoms in total. The summed E-state index contributed by atoms with van der Waals surface area (Å²) in [5, 5.41) is 3.97. The van der Waals surface area contributed by atoms with Crippen LogP contribution in [0, 0.1) is 0 Å². The molecule has 1 aromatic rings. The van der Waals surface area contributed by atoms with Gasteiger partial charge in [0.05, 0.1) is 7.11 Å². The first kappa shape index (κ1) is 9.00. The number of carbonyl (C=O) groups is 1. The van der Waals surface area contributed by atoms with Crippen LogP contribution < -0.4 is 0 Å². The lowest BCUT2D eigenvalue weighted by molar-refractivity contribution is -0.134. The van der Waals surface area contributed by atoms with E-state index in [1.54, 1.807) is 11.3 Å². The van der Waals surface area contributed by atoms with Crippen LogP contribution in [0.3, 0.4) is 0 Å². The maximum atomic E-state index is 10.8. The monoisotopic (exact) mass is 182 g/mol. The maximum absolute atomic E-state index is 10.8. The summed E-state index contributed by atoms with van der Waals surface area (Å²) in [7, 11) is 1.37. The summed E-state index contributed by atoms with van der Waals surface area (Å²) in [6.07, 6.45) is 1.49. The molecule has 12 heavy (non-hydrogen) atoms. The minimum absolute atomic E-state index is 0.307. The highest BCUT2D eigenvalue weighted by molar-refractivity contribution is 7.08. The summed E-state index contributed by atoms with van der Waals surface area (Å²) in [6, 6.07) is 1.97. The highest BCUT2D eigenvalue weighted by Gasteiger charge is 1.99. The van der Waals surface area contributed by atoms with Crippen molar-refractivity contribution in [1.29, 1.82) is 0 Å². The minimum atomic E-state index is -0.307. The summed E-state index contributed by atoms with van der Waals surface area (Å²) in [4.78, 5) is 10.8. The average Bonchev–Trinajstić information content (AvgIpc) is 2.56. The Hall–Kier alpha value is -1.09. The third-order valence-electron chi connectivity index (χ3n) is 1.51. The zero-order valence-corrected chi connectivity index (χ0v) is 7.85. The SMILES string of the molecule is COC(=O)/C=C(/C)c1ccsc1. The van der Waals surface area contributed by atoms with Gasteiger partial charge in [-0.05, 0) is 34.9 Å². The van der Waals surface area contributed by atoms with Gasteiger partial charge < -0.3 is 4.74 Å². The molecule has 64 valence electrons. The number of hydrogen-bond acceptors (Lipinski definition) is 3. The van der Waals surface area contributed by atoms with E-state index in [1.807, 2.05) is 23.8 Å². The number of hydrogen-bond donors (Lipinski definition) is 0. The Morgan fingerprint density at radius 2 is 2.42 bits per heavy atom. The van der Waals surface area contributed by atoms with E-state index in [1.165, 1.54) is 13.2 Å². The van der Waals surface area contributed by atoms with Crippen LogP contribution in [0.5, 0.6) is 0 Å². The third-order valence-corrected chi connectivity index (χ3v) is 2.20. The van der Waals surface area contributed by atoms with Crippen molar-refractivity contribution in [1.82, 2.24) is 0 Å². The highest BCUT2D eigenvalue weighted by Crippen LogP contribution is 2.16. The lowest BCUT2D eigenvalue weighted by Crippen LogP contribution is -1.95. The van der Waals surface area contributed by atoms with Crippen LogP contribution in [-0.4, -0.2) is 13.1 Å². The number of rotatable bonds is 2. The molecule has 1 aromatic heterocycles. The molecule has 0 aliphatic carbocycles. The van der Waals surface area contributed by atoms with Gasteiger partial charge in [-0.1, -0.05) is 0 Å². The van der Waals surface area contributed by atoms with E-state index < -0.39 is 0 Å². The van der Waals surface area contributed by atoms with Crippen LogP contribution in [0.1, 0.15) is 12.5 Å². The van der Waals surface area contributed by atoms with E-state index >= 15 is 0 Å². The van der Waals surface area contributed by atoms with Crippen molar-refractivity contribution < 1.29 is 9.53 Å². The van der Waals surface area contributed by atoms with E-state index in [2.05, 4.69) is 4.74 Å². The fourth-order valence-electron chi connectivity index (χ4n) is 0.808. The zero-order valence-electron chi connectivity index (χ0n) is 7.03. The highest BCUT2D eigenvalue weighted by atomic mass is 32.1. The third kappa shape index (κ3) is 2.20. The summed E-state index contributed by atoms with van der Waals surface area (Å²) in [5.41, 5.74) is 2.01. The van der Waals surface area contributed by atoms with Gasteiger partial charge in [-0.15, -0.1) is 0 Å². The molecule has 0 radical (unpaired) electrons. The van der Waals surface area contributed by atoms with Gasteiger partial charge in [-0.25, -0.2) is 4.79 Å². The fourth-order valence-corrected chi connectivity index (χ4v) is 1.52. The van der Waals surface area contributed by atoms with Crippen molar-refractivity contribution in [3.63, 3.8) is 0 Å². The van der Waals surface area contributed by atoms with Gasteiger partial charge in [0.15, 0.2) is 0 Å². The molecular formula is C9H10O2S. The zero-order chi connectivity index (χ0) is 8.97. The molecule has 0 spiro atoms. The van der Waals surface area contributed by atoms with Crippen molar-refractivity contribution in [2.24, 2.45) is 0 Å². The molecule has 0 fully saturated rings. The maximum Gasteiger partial charge on any atom is 0.330 e. The molecule has 0 aliphatic rings. The molecule has 1 rings (SSSR count). The van der Waals surface area contributed by atoms with Crippen LogP contribution in [0.25, 0.3) is 5.57 Å². The molecule has 0 unspecified atom stereocenters. The van der Waals surface area contributed by atoms with Crippen molar-refractivity contribution in [2.75, 3.05) is 7.11 Å². The van der Waals surface area contributed by atoms with Crippen LogP contribution in [0.2, 0.25) is 0 Å². The van der Waals surface area contributed by atoms with Crippen LogP contribution in [-0.2, 0) is 9.53 Å². The van der Waals surface area contributed by atoms with Gasteiger partial charge >= 0.3 is 5.97 Å². The molecule has 0 saturated carbocycles. The quantitative estimate of drug-likeness (QED) is 0.518. The molecule has 0 N–H and O–H groups in total. The van der Waals surface area contributed by atoms with Gasteiger partial charge in [-0.3, -0.25) is 0 Å². The topological polar surface area (TPSA) is 26.3 Å². The molecule has 0 atom stereocenters. The summed E-state index contributed by atoms with van der Waals surface area (Å²) in [5.74, 6) is -0.307. The lowest BCUT2D eigenvalue weighted by Gasteiger charge is -1.95. The molecule has 0 aliphatic heterocycles. The summed E-state index contributed by atoms with van der Waals surface area (Å²) in [6.45, 7) is 1.89. The summed E-state index contributed by atoms with van der Waals surface area (Å²) >= 11 is 1.61. The van der Waals surface area contributed by atoms with Gasteiger partial charge in [0.2, 0.25) is 0 Å². The molecule has 3 heteroatoms.